The van der Waals surface area contributed by atoms with Crippen LogP contribution < -0.4 is 15.7 Å². The maximum atomic E-state index is 11.6. The van der Waals surface area contributed by atoms with Crippen molar-refractivity contribution in [3.8, 4) is 5.75 Å². The van der Waals surface area contributed by atoms with Crippen LogP contribution in [0.4, 0.5) is 5.95 Å². The lowest BCUT2D eigenvalue weighted by atomic mass is 10.2. The summed E-state index contributed by atoms with van der Waals surface area (Å²) >= 11 is 5.97. The van der Waals surface area contributed by atoms with Crippen LogP contribution in [0.15, 0.2) is 64.5 Å². The second-order valence-electron chi connectivity index (χ2n) is 6.19. The molecule has 0 atom stereocenters. The second kappa shape index (κ2) is 9.71. The zero-order valence-electron chi connectivity index (χ0n) is 15.5. The lowest BCUT2D eigenvalue weighted by molar-refractivity contribution is 0.306. The van der Waals surface area contributed by atoms with Crippen LogP contribution in [-0.4, -0.2) is 16.2 Å². The summed E-state index contributed by atoms with van der Waals surface area (Å²) < 4.78 is 5.76. The molecule has 0 aliphatic rings. The predicted octanol–water partition coefficient (Wildman–Crippen LogP) is 4.40. The Kier molecular flexibility index (Phi) is 6.81. The summed E-state index contributed by atoms with van der Waals surface area (Å²) in [6, 6.07) is 16.6. The van der Waals surface area contributed by atoms with Crippen LogP contribution in [0.25, 0.3) is 0 Å². The van der Waals surface area contributed by atoms with E-state index in [4.69, 9.17) is 16.3 Å². The number of nitrogens with zero attached hydrogens (tertiary/aromatic N) is 2. The first kappa shape index (κ1) is 19.6. The molecule has 0 saturated heterocycles. The zero-order chi connectivity index (χ0) is 19.8. The van der Waals surface area contributed by atoms with E-state index in [0.717, 1.165) is 35.4 Å². The van der Waals surface area contributed by atoms with Crippen LogP contribution >= 0.6 is 11.6 Å². The van der Waals surface area contributed by atoms with Crippen LogP contribution in [0, 0.1) is 0 Å². The number of nitrogens with one attached hydrogen (secondary N) is 2. The van der Waals surface area contributed by atoms with Gasteiger partial charge in [-0.3, -0.25) is 9.78 Å². The Labute approximate surface area is 168 Å². The summed E-state index contributed by atoms with van der Waals surface area (Å²) in [5.74, 6) is 1.08. The number of rotatable bonds is 8. The third kappa shape index (κ3) is 5.96. The molecule has 2 N–H and O–H groups in total. The molecule has 0 bridgehead atoms. The SMILES string of the molecule is CCCc1cc(=O)[nH]c(N/N=C/c2ccc(OCc3cccc(Cl)c3)cc2)n1. The van der Waals surface area contributed by atoms with Crippen molar-refractivity contribution in [2.45, 2.75) is 26.4 Å². The molecule has 0 fully saturated rings. The third-order valence-corrected chi connectivity index (χ3v) is 4.09. The molecule has 2 aromatic carbocycles. The Hall–Kier alpha value is -3.12. The topological polar surface area (TPSA) is 79.4 Å². The van der Waals surface area contributed by atoms with Gasteiger partial charge in [0.2, 0.25) is 5.95 Å². The van der Waals surface area contributed by atoms with E-state index in [0.29, 0.717) is 17.6 Å². The second-order valence-corrected chi connectivity index (χ2v) is 6.63. The molecule has 0 unspecified atom stereocenters. The van der Waals surface area contributed by atoms with Gasteiger partial charge in [0.05, 0.1) is 6.21 Å². The lowest BCUT2D eigenvalue weighted by Crippen LogP contribution is -2.11. The summed E-state index contributed by atoms with van der Waals surface area (Å²) in [5.41, 5.74) is 5.19. The number of H-pyrrole nitrogens is 1. The van der Waals surface area contributed by atoms with Crippen LogP contribution in [-0.2, 0) is 13.0 Å². The number of aromatic amines is 1. The molecule has 7 heteroatoms. The highest BCUT2D eigenvalue weighted by Gasteiger charge is 2.00. The molecule has 1 aromatic heterocycles. The Morgan fingerprint density at radius 1 is 1.21 bits per heavy atom. The Morgan fingerprint density at radius 3 is 2.79 bits per heavy atom. The van der Waals surface area contributed by atoms with E-state index in [1.54, 1.807) is 6.21 Å². The van der Waals surface area contributed by atoms with Crippen LogP contribution in [0.2, 0.25) is 5.02 Å². The molecule has 0 radical (unpaired) electrons. The van der Waals surface area contributed by atoms with E-state index < -0.39 is 0 Å². The molecule has 1 heterocycles. The Bertz CT molecular complexity index is 1000. The molecule has 3 rings (SSSR count). The van der Waals surface area contributed by atoms with Crippen molar-refractivity contribution in [1.29, 1.82) is 0 Å². The number of aryl methyl sites for hydroxylation is 1. The Morgan fingerprint density at radius 2 is 2.04 bits per heavy atom. The Balaban J connectivity index is 1.56. The summed E-state index contributed by atoms with van der Waals surface area (Å²) in [6.45, 7) is 2.49. The molecule has 0 aliphatic carbocycles. The minimum Gasteiger partial charge on any atom is -0.489 e. The highest BCUT2D eigenvalue weighted by atomic mass is 35.5. The monoisotopic (exact) mass is 396 g/mol. The number of hydrogen-bond acceptors (Lipinski definition) is 5. The maximum Gasteiger partial charge on any atom is 0.252 e. The quantitative estimate of drug-likeness (QED) is 0.437. The first-order chi connectivity index (χ1) is 13.6. The molecular weight excluding hydrogens is 376 g/mol. The van der Waals surface area contributed by atoms with E-state index in [2.05, 4.69) is 20.5 Å². The summed E-state index contributed by atoms with van der Waals surface area (Å²) in [4.78, 5) is 18.6. The van der Waals surface area contributed by atoms with Crippen molar-refractivity contribution in [2.24, 2.45) is 5.10 Å². The molecule has 3 aromatic rings. The van der Waals surface area contributed by atoms with Crippen molar-refractivity contribution in [3.05, 3.63) is 86.8 Å². The van der Waals surface area contributed by atoms with Gasteiger partial charge in [-0.1, -0.05) is 37.1 Å². The number of aromatic nitrogens is 2. The van der Waals surface area contributed by atoms with Crippen molar-refractivity contribution in [2.75, 3.05) is 5.43 Å². The summed E-state index contributed by atoms with van der Waals surface area (Å²) in [6.07, 6.45) is 3.32. The largest absolute Gasteiger partial charge is 0.489 e. The first-order valence-corrected chi connectivity index (χ1v) is 9.37. The van der Waals surface area contributed by atoms with Crippen LogP contribution in [0.5, 0.6) is 5.75 Å². The van der Waals surface area contributed by atoms with Crippen molar-refractivity contribution >= 4 is 23.8 Å². The molecule has 144 valence electrons. The normalized spacial score (nSPS) is 10.9. The van der Waals surface area contributed by atoms with Crippen LogP contribution in [0.1, 0.15) is 30.2 Å². The molecule has 0 spiro atoms. The van der Waals surface area contributed by atoms with E-state index in [-0.39, 0.29) is 5.56 Å². The first-order valence-electron chi connectivity index (χ1n) is 8.99. The highest BCUT2D eigenvalue weighted by molar-refractivity contribution is 6.30. The zero-order valence-corrected chi connectivity index (χ0v) is 16.2. The molecule has 0 aliphatic heterocycles. The van der Waals surface area contributed by atoms with Gasteiger partial charge in [0.25, 0.3) is 5.56 Å². The van der Waals surface area contributed by atoms with Gasteiger partial charge >= 0.3 is 0 Å². The third-order valence-electron chi connectivity index (χ3n) is 3.86. The molecule has 28 heavy (non-hydrogen) atoms. The minimum atomic E-state index is -0.197. The summed E-state index contributed by atoms with van der Waals surface area (Å²) in [5, 5.41) is 4.81. The van der Waals surface area contributed by atoms with E-state index >= 15 is 0 Å². The maximum absolute atomic E-state index is 11.6. The average molecular weight is 397 g/mol. The van der Waals surface area contributed by atoms with Crippen molar-refractivity contribution in [3.63, 3.8) is 0 Å². The molecule has 0 saturated carbocycles. The van der Waals surface area contributed by atoms with Crippen molar-refractivity contribution in [1.82, 2.24) is 9.97 Å². The molecule has 0 amide bonds. The van der Waals surface area contributed by atoms with Crippen LogP contribution in [0.3, 0.4) is 0 Å². The average Bonchev–Trinajstić information content (AvgIpc) is 2.67. The fourth-order valence-corrected chi connectivity index (χ4v) is 2.77. The highest BCUT2D eigenvalue weighted by Crippen LogP contribution is 2.16. The van der Waals surface area contributed by atoms with E-state index in [1.165, 1.54) is 6.07 Å². The number of anilines is 1. The molecular formula is C21H21ClN4O2. The number of ether oxygens (including phenoxy) is 1. The number of hydrazone groups is 1. The van der Waals surface area contributed by atoms with E-state index in [9.17, 15) is 4.79 Å². The van der Waals surface area contributed by atoms with Crippen molar-refractivity contribution < 1.29 is 4.74 Å². The van der Waals surface area contributed by atoms with Gasteiger partial charge in [0.15, 0.2) is 0 Å². The number of benzene rings is 2. The lowest BCUT2D eigenvalue weighted by Gasteiger charge is -2.07. The van der Waals surface area contributed by atoms with Gasteiger partial charge in [-0.25, -0.2) is 10.4 Å². The van der Waals surface area contributed by atoms with Gasteiger partial charge in [0.1, 0.15) is 12.4 Å². The van der Waals surface area contributed by atoms with Gasteiger partial charge < -0.3 is 4.74 Å². The van der Waals surface area contributed by atoms with E-state index in [1.807, 2.05) is 55.5 Å². The smallest absolute Gasteiger partial charge is 0.252 e. The van der Waals surface area contributed by atoms with Gasteiger partial charge in [-0.2, -0.15) is 5.10 Å². The van der Waals surface area contributed by atoms with Gasteiger partial charge in [-0.15, -0.1) is 0 Å². The predicted molar refractivity (Wildman–Crippen MR) is 112 cm³/mol. The standard InChI is InChI=1S/C21H21ClN4O2/c1-2-4-18-12-20(27)25-21(24-18)26-23-13-15-7-9-19(10-8-15)28-14-16-5-3-6-17(22)11-16/h3,5-13H,2,4,14H2,1H3,(H2,24,25,26,27)/b23-13+. The van der Waals surface area contributed by atoms with Gasteiger partial charge in [0, 0.05) is 16.8 Å². The number of hydrogen-bond donors (Lipinski definition) is 2. The summed E-state index contributed by atoms with van der Waals surface area (Å²) in [7, 11) is 0. The van der Waals surface area contributed by atoms with Gasteiger partial charge in [-0.05, 0) is 53.9 Å². The minimum absolute atomic E-state index is 0.197. The number of halogens is 1. The molecule has 6 nitrogen and oxygen atoms in total. The fourth-order valence-electron chi connectivity index (χ4n) is 2.56. The fraction of sp³-hybridized carbons (Fsp3) is 0.190.